The van der Waals surface area contributed by atoms with Crippen molar-refractivity contribution >= 4 is 27.4 Å². The highest BCUT2D eigenvalue weighted by Crippen LogP contribution is 2.31. The molecule has 2 heterocycles. The Balaban J connectivity index is 1.90. The Labute approximate surface area is 146 Å². The van der Waals surface area contributed by atoms with Gasteiger partial charge in [-0.25, -0.2) is 9.97 Å². The summed E-state index contributed by atoms with van der Waals surface area (Å²) < 4.78 is 5.40. The summed E-state index contributed by atoms with van der Waals surface area (Å²) in [7, 11) is 0. The van der Waals surface area contributed by atoms with Gasteiger partial charge < -0.3 is 10.1 Å². The fraction of sp³-hybridized carbons (Fsp3) is 0.368. The quantitative estimate of drug-likeness (QED) is 0.600. The van der Waals surface area contributed by atoms with Crippen LogP contribution in [0, 0.1) is 0 Å². The zero-order chi connectivity index (χ0) is 16.8. The molecule has 0 saturated heterocycles. The number of hydrogen-bond donors (Lipinski definition) is 1. The third-order valence-corrected chi connectivity index (χ3v) is 4.96. The summed E-state index contributed by atoms with van der Waals surface area (Å²) in [6.45, 7) is 6.57. The SMILES string of the molecule is CCOCCCNc1nc(-c2ccccc2)nc2sc(CC)cc12. The number of thiophene rings is 1. The summed E-state index contributed by atoms with van der Waals surface area (Å²) in [5.74, 6) is 1.70. The second-order valence-corrected chi connectivity index (χ2v) is 6.64. The number of rotatable bonds is 8. The third-order valence-electron chi connectivity index (χ3n) is 3.79. The normalized spacial score (nSPS) is 11.1. The molecule has 4 nitrogen and oxygen atoms in total. The van der Waals surface area contributed by atoms with Gasteiger partial charge in [0.05, 0.1) is 5.39 Å². The zero-order valence-electron chi connectivity index (χ0n) is 14.2. The molecule has 1 aromatic carbocycles. The van der Waals surface area contributed by atoms with Gasteiger partial charge >= 0.3 is 0 Å². The molecule has 0 atom stereocenters. The number of benzene rings is 1. The van der Waals surface area contributed by atoms with E-state index < -0.39 is 0 Å². The van der Waals surface area contributed by atoms with Crippen LogP contribution in [0.5, 0.6) is 0 Å². The van der Waals surface area contributed by atoms with Crippen molar-refractivity contribution in [3.63, 3.8) is 0 Å². The van der Waals surface area contributed by atoms with E-state index in [0.717, 1.165) is 60.0 Å². The van der Waals surface area contributed by atoms with Crippen molar-refractivity contribution in [3.8, 4) is 11.4 Å². The van der Waals surface area contributed by atoms with Crippen molar-refractivity contribution < 1.29 is 4.74 Å². The van der Waals surface area contributed by atoms with Crippen molar-refractivity contribution in [2.45, 2.75) is 26.7 Å². The van der Waals surface area contributed by atoms with Crippen LogP contribution in [0.4, 0.5) is 5.82 Å². The molecule has 0 aliphatic heterocycles. The maximum atomic E-state index is 5.40. The van der Waals surface area contributed by atoms with E-state index in [0.29, 0.717) is 0 Å². The molecule has 1 N–H and O–H groups in total. The van der Waals surface area contributed by atoms with Crippen LogP contribution in [-0.4, -0.2) is 29.7 Å². The van der Waals surface area contributed by atoms with E-state index in [1.165, 1.54) is 4.88 Å². The van der Waals surface area contributed by atoms with E-state index in [1.807, 2.05) is 37.3 Å². The van der Waals surface area contributed by atoms with Gasteiger partial charge in [0.1, 0.15) is 10.6 Å². The van der Waals surface area contributed by atoms with Crippen molar-refractivity contribution in [2.75, 3.05) is 25.1 Å². The maximum absolute atomic E-state index is 5.40. The average Bonchev–Trinajstić information content (AvgIpc) is 3.05. The van der Waals surface area contributed by atoms with E-state index in [2.05, 4.69) is 18.3 Å². The van der Waals surface area contributed by atoms with Crippen LogP contribution in [0.3, 0.4) is 0 Å². The van der Waals surface area contributed by atoms with Gasteiger partial charge in [0, 0.05) is 30.2 Å². The zero-order valence-corrected chi connectivity index (χ0v) is 15.0. The van der Waals surface area contributed by atoms with Crippen molar-refractivity contribution in [2.24, 2.45) is 0 Å². The van der Waals surface area contributed by atoms with Crippen LogP contribution in [-0.2, 0) is 11.2 Å². The van der Waals surface area contributed by atoms with Gasteiger partial charge in [-0.1, -0.05) is 37.3 Å². The molecule has 5 heteroatoms. The molecular formula is C19H23N3OS. The lowest BCUT2D eigenvalue weighted by Crippen LogP contribution is -2.08. The second-order valence-electron chi connectivity index (χ2n) is 5.52. The lowest BCUT2D eigenvalue weighted by molar-refractivity contribution is 0.147. The molecule has 0 aliphatic carbocycles. The number of nitrogens with one attached hydrogen (secondary N) is 1. The Morgan fingerprint density at radius 2 is 1.96 bits per heavy atom. The molecule has 0 aliphatic rings. The lowest BCUT2D eigenvalue weighted by Gasteiger charge is -2.09. The maximum Gasteiger partial charge on any atom is 0.163 e. The second kappa shape index (κ2) is 8.22. The number of aromatic nitrogens is 2. The number of anilines is 1. The molecule has 0 unspecified atom stereocenters. The lowest BCUT2D eigenvalue weighted by atomic mass is 10.2. The van der Waals surface area contributed by atoms with E-state index in [1.54, 1.807) is 11.3 Å². The van der Waals surface area contributed by atoms with E-state index in [4.69, 9.17) is 14.7 Å². The van der Waals surface area contributed by atoms with Gasteiger partial charge in [-0.3, -0.25) is 0 Å². The highest BCUT2D eigenvalue weighted by molar-refractivity contribution is 7.18. The van der Waals surface area contributed by atoms with Crippen molar-refractivity contribution in [3.05, 3.63) is 41.3 Å². The highest BCUT2D eigenvalue weighted by atomic mass is 32.1. The number of hydrogen-bond acceptors (Lipinski definition) is 5. The van der Waals surface area contributed by atoms with E-state index in [-0.39, 0.29) is 0 Å². The number of nitrogens with zero attached hydrogens (tertiary/aromatic N) is 2. The Morgan fingerprint density at radius 1 is 1.12 bits per heavy atom. The van der Waals surface area contributed by atoms with Gasteiger partial charge in [-0.2, -0.15) is 0 Å². The van der Waals surface area contributed by atoms with Crippen molar-refractivity contribution in [1.29, 1.82) is 0 Å². The minimum absolute atomic E-state index is 0.764. The predicted octanol–water partition coefficient (Wildman–Crippen LogP) is 4.76. The molecule has 0 bridgehead atoms. The van der Waals surface area contributed by atoms with Crippen LogP contribution in [0.1, 0.15) is 25.1 Å². The molecule has 0 radical (unpaired) electrons. The Hall–Kier alpha value is -1.98. The van der Waals surface area contributed by atoms with E-state index in [9.17, 15) is 0 Å². The van der Waals surface area contributed by atoms with Gasteiger partial charge in [0.2, 0.25) is 0 Å². The summed E-state index contributed by atoms with van der Waals surface area (Å²) in [4.78, 5) is 11.9. The smallest absolute Gasteiger partial charge is 0.163 e. The molecule has 2 aromatic heterocycles. The summed E-state index contributed by atoms with van der Waals surface area (Å²) in [5, 5.41) is 4.59. The first-order valence-electron chi connectivity index (χ1n) is 8.49. The Kier molecular flexibility index (Phi) is 5.77. The molecule has 126 valence electrons. The molecular weight excluding hydrogens is 318 g/mol. The highest BCUT2D eigenvalue weighted by Gasteiger charge is 2.12. The van der Waals surface area contributed by atoms with E-state index >= 15 is 0 Å². The van der Waals surface area contributed by atoms with Crippen LogP contribution >= 0.6 is 11.3 Å². The summed E-state index contributed by atoms with van der Waals surface area (Å²) in [6.07, 6.45) is 1.98. The molecule has 3 aromatic rings. The number of ether oxygens (including phenoxy) is 1. The van der Waals surface area contributed by atoms with Crippen LogP contribution < -0.4 is 5.32 Å². The fourth-order valence-corrected chi connectivity index (χ4v) is 3.49. The first-order valence-corrected chi connectivity index (χ1v) is 9.31. The minimum atomic E-state index is 0.764. The number of aryl methyl sites for hydroxylation is 1. The van der Waals surface area contributed by atoms with Gasteiger partial charge in [-0.05, 0) is 25.8 Å². The standard InChI is InChI=1S/C19H23N3OS/c1-3-15-13-16-18(20-11-8-12-23-4-2)21-17(22-19(16)24-15)14-9-6-5-7-10-14/h5-7,9-10,13H,3-4,8,11-12H2,1-2H3,(H,20,21,22). The van der Waals surface area contributed by atoms with Crippen LogP contribution in [0.2, 0.25) is 0 Å². The van der Waals surface area contributed by atoms with Gasteiger partial charge in [-0.15, -0.1) is 11.3 Å². The Morgan fingerprint density at radius 3 is 2.71 bits per heavy atom. The van der Waals surface area contributed by atoms with Crippen LogP contribution in [0.15, 0.2) is 36.4 Å². The van der Waals surface area contributed by atoms with Crippen molar-refractivity contribution in [1.82, 2.24) is 9.97 Å². The molecule has 3 rings (SSSR count). The summed E-state index contributed by atoms with van der Waals surface area (Å²) >= 11 is 1.75. The Bertz CT molecular complexity index is 786. The average molecular weight is 341 g/mol. The third kappa shape index (κ3) is 3.91. The molecule has 24 heavy (non-hydrogen) atoms. The molecule has 0 fully saturated rings. The largest absolute Gasteiger partial charge is 0.382 e. The molecule has 0 amide bonds. The monoisotopic (exact) mass is 341 g/mol. The molecule has 0 spiro atoms. The minimum Gasteiger partial charge on any atom is -0.382 e. The van der Waals surface area contributed by atoms with Crippen LogP contribution in [0.25, 0.3) is 21.6 Å². The predicted molar refractivity (Wildman–Crippen MR) is 102 cm³/mol. The molecule has 0 saturated carbocycles. The van der Waals surface area contributed by atoms with Gasteiger partial charge in [0.25, 0.3) is 0 Å². The van der Waals surface area contributed by atoms with Gasteiger partial charge in [0.15, 0.2) is 5.82 Å². The number of fused-ring (bicyclic) bond motifs is 1. The topological polar surface area (TPSA) is 47.0 Å². The first kappa shape index (κ1) is 16.9. The summed E-state index contributed by atoms with van der Waals surface area (Å²) in [6, 6.07) is 12.4. The first-order chi connectivity index (χ1) is 11.8. The summed E-state index contributed by atoms with van der Waals surface area (Å²) in [5.41, 5.74) is 1.04. The fourth-order valence-electron chi connectivity index (χ4n) is 2.52.